The van der Waals surface area contributed by atoms with Crippen molar-refractivity contribution in [1.82, 2.24) is 21.3 Å². The molecule has 0 aliphatic rings. The van der Waals surface area contributed by atoms with E-state index in [1.807, 2.05) is 126 Å². The summed E-state index contributed by atoms with van der Waals surface area (Å²) in [5, 5.41) is 23.4. The lowest BCUT2D eigenvalue weighted by Crippen LogP contribution is -2.53. The zero-order chi connectivity index (χ0) is 44.0. The van der Waals surface area contributed by atoms with E-state index < -0.39 is 57.9 Å². The van der Waals surface area contributed by atoms with E-state index in [4.69, 9.17) is 4.74 Å². The topological polar surface area (TPSA) is 183 Å². The van der Waals surface area contributed by atoms with Crippen molar-refractivity contribution in [1.29, 1.82) is 0 Å². The highest BCUT2D eigenvalue weighted by atomic mass is 32.2. The monoisotopic (exact) mass is 841 g/mol. The molecule has 60 heavy (non-hydrogen) atoms. The van der Waals surface area contributed by atoms with Gasteiger partial charge in [-0.15, -0.1) is 0 Å². The molecule has 0 aliphatic carbocycles. The number of nitrogens with one attached hydrogen (secondary N) is 4. The second-order valence-corrected chi connectivity index (χ2v) is 17.8. The molecule has 0 unspecified atom stereocenters. The van der Waals surface area contributed by atoms with Crippen molar-refractivity contribution >= 4 is 39.3 Å². The quantitative estimate of drug-likeness (QED) is 0.0743. The zero-order valence-electron chi connectivity index (χ0n) is 35.4. The van der Waals surface area contributed by atoms with E-state index >= 15 is 0 Å². The molecule has 4 aromatic carbocycles. The van der Waals surface area contributed by atoms with Crippen molar-refractivity contribution in [2.75, 3.05) is 24.2 Å². The van der Waals surface area contributed by atoms with E-state index in [1.54, 1.807) is 0 Å². The molecule has 14 heteroatoms. The van der Waals surface area contributed by atoms with Crippen molar-refractivity contribution in [3.05, 3.63) is 137 Å². The van der Waals surface area contributed by atoms with E-state index in [-0.39, 0.29) is 54.2 Å². The van der Waals surface area contributed by atoms with E-state index in [9.17, 15) is 32.7 Å². The lowest BCUT2D eigenvalue weighted by Gasteiger charge is -2.30. The average Bonchev–Trinajstić information content (AvgIpc) is 3.23. The van der Waals surface area contributed by atoms with E-state index in [2.05, 4.69) is 21.3 Å². The van der Waals surface area contributed by atoms with Gasteiger partial charge in [-0.1, -0.05) is 119 Å². The number of amides is 4. The molecule has 5 atom stereocenters. The summed E-state index contributed by atoms with van der Waals surface area (Å²) < 4.78 is 32.2. The van der Waals surface area contributed by atoms with Gasteiger partial charge >= 0.3 is 0 Å². The minimum Gasteiger partial charge on any atom is -0.391 e. The Morgan fingerprint density at radius 2 is 1.23 bits per heavy atom. The maximum absolute atomic E-state index is 14.1. The zero-order valence-corrected chi connectivity index (χ0v) is 36.2. The van der Waals surface area contributed by atoms with Gasteiger partial charge in [-0.25, -0.2) is 8.42 Å². The number of nitrogens with zero attached hydrogens (tertiary/aromatic N) is 1. The number of rotatable bonds is 21. The highest BCUT2D eigenvalue weighted by Gasteiger charge is 2.34. The van der Waals surface area contributed by atoms with Crippen LogP contribution in [0.2, 0.25) is 0 Å². The van der Waals surface area contributed by atoms with E-state index in [0.29, 0.717) is 6.54 Å². The summed E-state index contributed by atoms with van der Waals surface area (Å²) in [6.45, 7) is 9.46. The first kappa shape index (κ1) is 47.1. The Balaban J connectivity index is 1.59. The third-order valence-corrected chi connectivity index (χ3v) is 11.5. The Hall–Kier alpha value is -5.57. The SMILES string of the molecule is CC(C)[C@H](C[C@H](O)[C@H](COCc1ccccc1)NC(=O)c1cc(C(=O)N[C@H](C)c2ccccc2)cc(N(C)S(C)(=O)=O)c1)C(=O)N[C@H](C(=O)NCc1ccccc1)C(C)C. The van der Waals surface area contributed by atoms with Gasteiger partial charge in [0, 0.05) is 30.6 Å². The van der Waals surface area contributed by atoms with Crippen LogP contribution < -0.4 is 25.6 Å². The predicted octanol–water partition coefficient (Wildman–Crippen LogP) is 5.37. The number of anilines is 1. The lowest BCUT2D eigenvalue weighted by molar-refractivity contribution is -0.134. The molecule has 0 fully saturated rings. The lowest BCUT2D eigenvalue weighted by atomic mass is 9.86. The summed E-state index contributed by atoms with van der Waals surface area (Å²) in [5.41, 5.74) is 2.69. The van der Waals surface area contributed by atoms with Crippen LogP contribution in [-0.4, -0.2) is 75.3 Å². The largest absolute Gasteiger partial charge is 0.391 e. The number of carbonyl (C=O) groups excluding carboxylic acids is 4. The van der Waals surface area contributed by atoms with Gasteiger partial charge in [0.1, 0.15) is 6.04 Å². The van der Waals surface area contributed by atoms with Crippen LogP contribution in [0.5, 0.6) is 0 Å². The highest BCUT2D eigenvalue weighted by Crippen LogP contribution is 2.24. The molecule has 0 aromatic heterocycles. The molecule has 0 radical (unpaired) electrons. The maximum Gasteiger partial charge on any atom is 0.251 e. The Kier molecular flexibility index (Phi) is 17.4. The molecular weight excluding hydrogens is 783 g/mol. The first-order chi connectivity index (χ1) is 28.4. The molecule has 13 nitrogen and oxygen atoms in total. The number of ether oxygens (including phenoxy) is 1. The minimum absolute atomic E-state index is 0.0393. The second-order valence-electron chi connectivity index (χ2n) is 15.8. The summed E-state index contributed by atoms with van der Waals surface area (Å²) in [6.07, 6.45) is -0.403. The second kappa shape index (κ2) is 22.2. The minimum atomic E-state index is -3.80. The summed E-state index contributed by atoms with van der Waals surface area (Å²) in [7, 11) is -2.48. The van der Waals surface area contributed by atoms with Gasteiger partial charge in [0.15, 0.2) is 0 Å². The predicted molar refractivity (Wildman–Crippen MR) is 233 cm³/mol. The van der Waals surface area contributed by atoms with E-state index in [0.717, 1.165) is 27.3 Å². The number of aliphatic hydroxyl groups is 1. The van der Waals surface area contributed by atoms with Gasteiger partial charge in [0.05, 0.1) is 43.3 Å². The molecule has 0 saturated heterocycles. The van der Waals surface area contributed by atoms with Crippen molar-refractivity contribution < 1.29 is 37.4 Å². The first-order valence-electron chi connectivity index (χ1n) is 20.1. The van der Waals surface area contributed by atoms with Crippen LogP contribution in [0.15, 0.2) is 109 Å². The fourth-order valence-corrected chi connectivity index (χ4v) is 7.02. The van der Waals surface area contributed by atoms with Crippen LogP contribution in [0, 0.1) is 17.8 Å². The molecular formula is C46H59N5O8S. The molecule has 4 rings (SSSR count). The van der Waals surface area contributed by atoms with Crippen molar-refractivity contribution in [2.45, 2.75) is 78.4 Å². The standard InChI is InChI=1S/C46H59N5O8S/c1-30(2)39(45(55)50-42(31(3)4)46(56)47-27-33-17-11-8-12-18-33)26-41(52)40(29-59-28-34-19-13-9-14-20-34)49-44(54)37-23-36(24-38(25-37)51(6)60(7,57)58)43(53)48-32(5)35-21-15-10-16-22-35/h8-25,30-32,39-42,52H,26-29H2,1-7H3,(H,47,56)(H,48,53)(H,49,54)(H,50,55)/t32-,39+,40+,41+,42+/m1/s1. The average molecular weight is 842 g/mol. The summed E-state index contributed by atoms with van der Waals surface area (Å²) in [5.74, 6) is -3.30. The molecule has 4 aromatic rings. The molecule has 4 amide bonds. The molecule has 5 N–H and O–H groups in total. The maximum atomic E-state index is 14.1. The van der Waals surface area contributed by atoms with Crippen LogP contribution in [-0.2, 0) is 37.5 Å². The van der Waals surface area contributed by atoms with Gasteiger partial charge in [-0.3, -0.25) is 23.5 Å². The first-order valence-corrected chi connectivity index (χ1v) is 22.0. The smallest absolute Gasteiger partial charge is 0.251 e. The van der Waals surface area contributed by atoms with Gasteiger partial charge in [0.2, 0.25) is 21.8 Å². The fraction of sp³-hybridized carbons (Fsp3) is 0.391. The summed E-state index contributed by atoms with van der Waals surface area (Å²) >= 11 is 0. The molecule has 0 heterocycles. The number of benzene rings is 4. The number of sulfonamides is 1. The van der Waals surface area contributed by atoms with E-state index in [1.165, 1.54) is 25.2 Å². The van der Waals surface area contributed by atoms with Crippen molar-refractivity contribution in [3.8, 4) is 0 Å². The number of hydrogen-bond acceptors (Lipinski definition) is 8. The van der Waals surface area contributed by atoms with Crippen LogP contribution in [0.3, 0.4) is 0 Å². The van der Waals surface area contributed by atoms with Gasteiger partial charge in [-0.05, 0) is 60.1 Å². The summed E-state index contributed by atoms with van der Waals surface area (Å²) in [4.78, 5) is 55.0. The third-order valence-electron chi connectivity index (χ3n) is 10.3. The third kappa shape index (κ3) is 14.0. The molecule has 0 aliphatic heterocycles. The van der Waals surface area contributed by atoms with Crippen molar-refractivity contribution in [2.24, 2.45) is 17.8 Å². The fourth-order valence-electron chi connectivity index (χ4n) is 6.53. The number of hydrogen-bond donors (Lipinski definition) is 5. The Morgan fingerprint density at radius 1 is 0.700 bits per heavy atom. The molecule has 0 bridgehead atoms. The van der Waals surface area contributed by atoms with Crippen LogP contribution in [0.1, 0.15) is 84.5 Å². The normalized spacial score (nSPS) is 14.0. The molecule has 0 saturated carbocycles. The number of aliphatic hydroxyl groups excluding tert-OH is 1. The van der Waals surface area contributed by atoms with Gasteiger partial charge in [-0.2, -0.15) is 0 Å². The molecule has 0 spiro atoms. The number of carbonyl (C=O) groups is 4. The van der Waals surface area contributed by atoms with Gasteiger partial charge in [0.25, 0.3) is 11.8 Å². The Morgan fingerprint density at radius 3 is 1.77 bits per heavy atom. The van der Waals surface area contributed by atoms with Crippen LogP contribution in [0.25, 0.3) is 0 Å². The Bertz CT molecular complexity index is 2140. The van der Waals surface area contributed by atoms with Crippen molar-refractivity contribution in [3.63, 3.8) is 0 Å². The van der Waals surface area contributed by atoms with Crippen LogP contribution >= 0.6 is 0 Å². The van der Waals surface area contributed by atoms with Gasteiger partial charge < -0.3 is 31.1 Å². The highest BCUT2D eigenvalue weighted by molar-refractivity contribution is 7.92. The Labute approximate surface area is 354 Å². The van der Waals surface area contributed by atoms with Crippen LogP contribution in [0.4, 0.5) is 5.69 Å². The summed E-state index contributed by atoms with van der Waals surface area (Å²) in [6, 6.07) is 29.8. The molecule has 322 valence electrons.